The van der Waals surface area contributed by atoms with E-state index in [0.717, 1.165) is 50.4 Å². The van der Waals surface area contributed by atoms with Gasteiger partial charge in [0.15, 0.2) is 11.5 Å². The van der Waals surface area contributed by atoms with Gasteiger partial charge in [-0.15, -0.1) is 0 Å². The molecule has 5 nitrogen and oxygen atoms in total. The van der Waals surface area contributed by atoms with Gasteiger partial charge in [-0.3, -0.25) is 9.55 Å². The Morgan fingerprint density at radius 2 is 1.34 bits per heavy atom. The third kappa shape index (κ3) is 5.59. The van der Waals surface area contributed by atoms with E-state index < -0.39 is 0 Å². The van der Waals surface area contributed by atoms with Crippen LogP contribution in [-0.2, 0) is 5.41 Å². The van der Waals surface area contributed by atoms with E-state index in [-0.39, 0.29) is 11.2 Å². The first-order valence-electron chi connectivity index (χ1n) is 16.0. The second-order valence-electron chi connectivity index (χ2n) is 13.4. The summed E-state index contributed by atoms with van der Waals surface area (Å²) in [5.41, 5.74) is 14.0. The van der Waals surface area contributed by atoms with Gasteiger partial charge in [0.05, 0.1) is 11.3 Å². The Hall–Kier alpha value is -5.55. The fourth-order valence-electron chi connectivity index (χ4n) is 6.63. The third-order valence-corrected chi connectivity index (χ3v) is 8.83. The summed E-state index contributed by atoms with van der Waals surface area (Å²) >= 11 is 0. The molecule has 4 aromatic carbocycles. The van der Waals surface area contributed by atoms with Crippen molar-refractivity contribution in [3.8, 4) is 56.3 Å². The van der Waals surface area contributed by atoms with Crippen LogP contribution in [0.3, 0.4) is 0 Å². The van der Waals surface area contributed by atoms with Crippen molar-refractivity contribution in [1.82, 2.24) is 19.5 Å². The Morgan fingerprint density at radius 1 is 0.638 bits per heavy atom. The highest BCUT2D eigenvalue weighted by Gasteiger charge is 2.23. The van der Waals surface area contributed by atoms with Crippen molar-refractivity contribution < 1.29 is 5.11 Å². The molecule has 0 aliphatic carbocycles. The fraction of sp³-hybridized carbons (Fsp3) is 0.167. The number of aromatic hydroxyl groups is 1. The molecular weight excluding hydrogens is 576 g/mol. The summed E-state index contributed by atoms with van der Waals surface area (Å²) in [5.74, 6) is 0.817. The van der Waals surface area contributed by atoms with Crippen molar-refractivity contribution >= 4 is 11.2 Å². The summed E-state index contributed by atoms with van der Waals surface area (Å²) < 4.78 is 2.05. The normalized spacial score (nSPS) is 11.7. The van der Waals surface area contributed by atoms with Crippen molar-refractivity contribution in [2.24, 2.45) is 0 Å². The van der Waals surface area contributed by atoms with E-state index in [2.05, 4.69) is 82.5 Å². The number of hydrogen-bond acceptors (Lipinski definition) is 4. The minimum atomic E-state index is -0.107. The molecule has 0 aliphatic heterocycles. The highest BCUT2D eigenvalue weighted by Crippen LogP contribution is 2.41. The van der Waals surface area contributed by atoms with Crippen LogP contribution in [0.4, 0.5) is 0 Å². The molecule has 3 aromatic heterocycles. The Labute approximate surface area is 276 Å². The summed E-state index contributed by atoms with van der Waals surface area (Å²) in [4.78, 5) is 14.9. The van der Waals surface area contributed by atoms with Gasteiger partial charge < -0.3 is 5.11 Å². The number of nitrogens with zero attached hydrogens (tertiary/aromatic N) is 4. The van der Waals surface area contributed by atoms with Crippen molar-refractivity contribution in [1.29, 1.82) is 0 Å². The topological polar surface area (TPSA) is 63.8 Å². The lowest BCUT2D eigenvalue weighted by Gasteiger charge is -2.20. The highest BCUT2D eigenvalue weighted by atomic mass is 16.3. The van der Waals surface area contributed by atoms with Gasteiger partial charge in [-0.05, 0) is 120 Å². The van der Waals surface area contributed by atoms with E-state index in [1.54, 1.807) is 6.07 Å². The lowest BCUT2D eigenvalue weighted by Crippen LogP contribution is -2.11. The molecule has 0 spiro atoms. The molecule has 0 bridgehead atoms. The van der Waals surface area contributed by atoms with E-state index >= 15 is 0 Å². The van der Waals surface area contributed by atoms with Gasteiger partial charge >= 0.3 is 0 Å². The number of para-hydroxylation sites is 1. The number of fused-ring (bicyclic) bond motifs is 1. The van der Waals surface area contributed by atoms with Gasteiger partial charge in [0, 0.05) is 29.2 Å². The zero-order chi connectivity index (χ0) is 32.9. The van der Waals surface area contributed by atoms with E-state index in [0.29, 0.717) is 11.4 Å². The van der Waals surface area contributed by atoms with E-state index in [4.69, 9.17) is 15.0 Å². The number of pyridine rings is 2. The standard InChI is InChI=1S/C42H38N4O/c1-26-20-27(2)38(28(3)21-26)31-23-29(22-30(24-31)36-14-10-11-18-43-36)34-17-19-44-41-39(34)45-40(46(41)33-12-8-7-9-13-33)35-25-32(42(4,5)6)15-16-37(35)47/h7-25,47H,1-6H3. The monoisotopic (exact) mass is 614 g/mol. The lowest BCUT2D eigenvalue weighted by atomic mass is 9.86. The quantitative estimate of drug-likeness (QED) is 0.210. The van der Waals surface area contributed by atoms with Crippen LogP contribution in [0.15, 0.2) is 116 Å². The average Bonchev–Trinajstić information content (AvgIpc) is 3.44. The smallest absolute Gasteiger partial charge is 0.165 e. The van der Waals surface area contributed by atoms with Gasteiger partial charge in [0.2, 0.25) is 0 Å². The summed E-state index contributed by atoms with van der Waals surface area (Å²) in [6.07, 6.45) is 3.68. The molecule has 47 heavy (non-hydrogen) atoms. The predicted molar refractivity (Wildman–Crippen MR) is 193 cm³/mol. The first-order valence-corrected chi connectivity index (χ1v) is 16.0. The number of rotatable bonds is 5. The Morgan fingerprint density at radius 3 is 2.04 bits per heavy atom. The van der Waals surface area contributed by atoms with Crippen LogP contribution in [0, 0.1) is 20.8 Å². The molecule has 0 radical (unpaired) electrons. The maximum Gasteiger partial charge on any atom is 0.165 e. The highest BCUT2D eigenvalue weighted by molar-refractivity contribution is 5.96. The molecule has 0 amide bonds. The molecule has 232 valence electrons. The average molecular weight is 615 g/mol. The van der Waals surface area contributed by atoms with E-state index in [9.17, 15) is 5.11 Å². The van der Waals surface area contributed by atoms with E-state index in [1.807, 2.05) is 73.1 Å². The second kappa shape index (κ2) is 11.7. The molecule has 0 aliphatic rings. The van der Waals surface area contributed by atoms with Crippen LogP contribution in [0.2, 0.25) is 0 Å². The molecular formula is C42H38N4O. The number of phenols is 1. The Bertz CT molecular complexity index is 2240. The van der Waals surface area contributed by atoms with Crippen LogP contribution in [0.5, 0.6) is 5.75 Å². The van der Waals surface area contributed by atoms with Gasteiger partial charge in [-0.2, -0.15) is 0 Å². The third-order valence-electron chi connectivity index (χ3n) is 8.83. The zero-order valence-corrected chi connectivity index (χ0v) is 27.7. The summed E-state index contributed by atoms with van der Waals surface area (Å²) in [6.45, 7) is 13.0. The van der Waals surface area contributed by atoms with Gasteiger partial charge in [0.1, 0.15) is 11.3 Å². The predicted octanol–water partition coefficient (Wildman–Crippen LogP) is 10.4. The van der Waals surface area contributed by atoms with Crippen LogP contribution < -0.4 is 0 Å². The molecule has 0 fully saturated rings. The van der Waals surface area contributed by atoms with Gasteiger partial charge in [-0.25, -0.2) is 9.97 Å². The van der Waals surface area contributed by atoms with Crippen molar-refractivity contribution in [3.63, 3.8) is 0 Å². The lowest BCUT2D eigenvalue weighted by molar-refractivity contribution is 0.475. The van der Waals surface area contributed by atoms with Crippen LogP contribution >= 0.6 is 0 Å². The molecule has 7 aromatic rings. The maximum absolute atomic E-state index is 11.3. The van der Waals surface area contributed by atoms with Gasteiger partial charge in [-0.1, -0.05) is 68.8 Å². The molecule has 0 saturated heterocycles. The number of phenolic OH excluding ortho intramolecular Hbond substituents is 1. The first kappa shape index (κ1) is 30.1. The zero-order valence-electron chi connectivity index (χ0n) is 27.7. The molecule has 1 N–H and O–H groups in total. The van der Waals surface area contributed by atoms with Crippen LogP contribution in [-0.4, -0.2) is 24.6 Å². The van der Waals surface area contributed by atoms with E-state index in [1.165, 1.54) is 22.3 Å². The molecule has 0 atom stereocenters. The van der Waals surface area contributed by atoms with Crippen molar-refractivity contribution in [2.75, 3.05) is 0 Å². The number of aromatic nitrogens is 4. The van der Waals surface area contributed by atoms with Crippen LogP contribution in [0.1, 0.15) is 43.0 Å². The minimum absolute atomic E-state index is 0.107. The first-order chi connectivity index (χ1) is 22.6. The SMILES string of the molecule is Cc1cc(C)c(-c2cc(-c3ccccn3)cc(-c3ccnc4c3nc(-c3cc(C(C)(C)C)ccc3O)n4-c3ccccc3)c2)c(C)c1. The summed E-state index contributed by atoms with van der Waals surface area (Å²) in [7, 11) is 0. The molecule has 7 rings (SSSR count). The summed E-state index contributed by atoms with van der Waals surface area (Å²) in [5, 5.41) is 11.3. The molecule has 5 heteroatoms. The number of imidazole rings is 1. The number of aryl methyl sites for hydroxylation is 3. The fourth-order valence-corrected chi connectivity index (χ4v) is 6.63. The second-order valence-corrected chi connectivity index (χ2v) is 13.4. The number of benzene rings is 4. The summed E-state index contributed by atoms with van der Waals surface area (Å²) in [6, 6.07) is 35.1. The maximum atomic E-state index is 11.3. The largest absolute Gasteiger partial charge is 0.507 e. The van der Waals surface area contributed by atoms with Crippen LogP contribution in [0.25, 0.3) is 61.8 Å². The number of hydrogen-bond donors (Lipinski definition) is 1. The molecule has 3 heterocycles. The minimum Gasteiger partial charge on any atom is -0.507 e. The van der Waals surface area contributed by atoms with Gasteiger partial charge in [0.25, 0.3) is 0 Å². The van der Waals surface area contributed by atoms with Crippen molar-refractivity contribution in [3.05, 3.63) is 138 Å². The Kier molecular flexibility index (Phi) is 7.48. The molecule has 0 saturated carbocycles. The molecule has 0 unspecified atom stereocenters. The van der Waals surface area contributed by atoms with Crippen molar-refractivity contribution in [2.45, 2.75) is 47.0 Å². The Balaban J connectivity index is 1.53.